The molecule has 5 rings (SSSR count). The normalized spacial score (nSPS) is 15.6. The highest BCUT2D eigenvalue weighted by molar-refractivity contribution is 6.44. The van der Waals surface area contributed by atoms with Crippen molar-refractivity contribution < 1.29 is 0 Å². The molecule has 0 unspecified atom stereocenters. The number of fused-ring (bicyclic) bond motifs is 1. The number of nitriles is 1. The van der Waals surface area contributed by atoms with Gasteiger partial charge >= 0.3 is 0 Å². The maximum absolute atomic E-state index is 9.85. The van der Waals surface area contributed by atoms with E-state index in [0.717, 1.165) is 29.5 Å². The summed E-state index contributed by atoms with van der Waals surface area (Å²) < 4.78 is 0. The van der Waals surface area contributed by atoms with Gasteiger partial charge in [-0.25, -0.2) is 4.98 Å². The SMILES string of the molecule is N#Cc1nc(N2CCC(N)(c3ccccc3)CC2)nc2[nH]cc(-c3cccc(Cl)c3Cl)c12. The summed E-state index contributed by atoms with van der Waals surface area (Å²) >= 11 is 12.6. The number of anilines is 1. The number of nitrogens with zero attached hydrogens (tertiary/aromatic N) is 4. The summed E-state index contributed by atoms with van der Waals surface area (Å²) in [4.78, 5) is 14.6. The van der Waals surface area contributed by atoms with E-state index in [1.54, 1.807) is 12.3 Å². The van der Waals surface area contributed by atoms with Crippen LogP contribution in [0.5, 0.6) is 0 Å². The van der Waals surface area contributed by atoms with Crippen molar-refractivity contribution in [2.45, 2.75) is 18.4 Å². The largest absolute Gasteiger partial charge is 0.345 e. The van der Waals surface area contributed by atoms with E-state index in [1.165, 1.54) is 0 Å². The smallest absolute Gasteiger partial charge is 0.228 e. The second-order valence-electron chi connectivity index (χ2n) is 8.02. The summed E-state index contributed by atoms with van der Waals surface area (Å²) in [6.07, 6.45) is 3.33. The fourth-order valence-electron chi connectivity index (χ4n) is 4.33. The summed E-state index contributed by atoms with van der Waals surface area (Å²) in [7, 11) is 0. The Morgan fingerprint density at radius 2 is 1.75 bits per heavy atom. The third-order valence-electron chi connectivity index (χ3n) is 6.15. The van der Waals surface area contributed by atoms with Crippen molar-refractivity contribution in [1.82, 2.24) is 15.0 Å². The van der Waals surface area contributed by atoms with Gasteiger partial charge in [-0.2, -0.15) is 10.2 Å². The van der Waals surface area contributed by atoms with Crippen molar-refractivity contribution in [1.29, 1.82) is 5.26 Å². The molecular weight excluding hydrogens is 443 g/mol. The van der Waals surface area contributed by atoms with Crippen LogP contribution in [0, 0.1) is 11.3 Å². The van der Waals surface area contributed by atoms with Gasteiger partial charge in [-0.1, -0.05) is 65.7 Å². The minimum Gasteiger partial charge on any atom is -0.345 e. The first-order chi connectivity index (χ1) is 15.5. The molecule has 0 atom stereocenters. The van der Waals surface area contributed by atoms with Crippen molar-refractivity contribution in [2.24, 2.45) is 5.73 Å². The molecule has 0 radical (unpaired) electrons. The maximum Gasteiger partial charge on any atom is 0.228 e. The van der Waals surface area contributed by atoms with E-state index in [4.69, 9.17) is 33.9 Å². The van der Waals surface area contributed by atoms with Crippen molar-refractivity contribution in [3.8, 4) is 17.2 Å². The standard InChI is InChI=1S/C24H20Cl2N6/c25-18-8-4-7-16(21(18)26)17-14-29-22-20(17)19(13-27)30-23(31-22)32-11-9-24(28,10-12-32)15-5-2-1-3-6-15/h1-8,14H,9-12,28H2,(H,29,30,31). The molecule has 3 N–H and O–H groups in total. The zero-order valence-corrected chi connectivity index (χ0v) is 18.7. The zero-order chi connectivity index (χ0) is 22.3. The number of piperidine rings is 1. The molecule has 3 heterocycles. The molecule has 6 nitrogen and oxygen atoms in total. The Bertz CT molecular complexity index is 1330. The number of aromatic amines is 1. The second-order valence-corrected chi connectivity index (χ2v) is 8.81. The summed E-state index contributed by atoms with van der Waals surface area (Å²) in [5.74, 6) is 0.523. The zero-order valence-electron chi connectivity index (χ0n) is 17.1. The molecule has 1 fully saturated rings. The van der Waals surface area contributed by atoms with Crippen molar-refractivity contribution in [2.75, 3.05) is 18.0 Å². The van der Waals surface area contributed by atoms with Crippen LogP contribution >= 0.6 is 23.2 Å². The fraction of sp³-hybridized carbons (Fsp3) is 0.208. The van der Waals surface area contributed by atoms with Crippen LogP contribution in [0.1, 0.15) is 24.1 Å². The summed E-state index contributed by atoms with van der Waals surface area (Å²) in [6, 6.07) is 17.8. The number of nitrogens with two attached hydrogens (primary N) is 1. The average Bonchev–Trinajstić information content (AvgIpc) is 3.25. The van der Waals surface area contributed by atoms with Crippen molar-refractivity contribution >= 4 is 40.2 Å². The Kier molecular flexibility index (Phi) is 5.26. The monoisotopic (exact) mass is 462 g/mol. The van der Waals surface area contributed by atoms with Crippen LogP contribution in [-0.4, -0.2) is 28.0 Å². The fourth-order valence-corrected chi connectivity index (χ4v) is 4.73. The van der Waals surface area contributed by atoms with Gasteiger partial charge in [-0.05, 0) is 24.5 Å². The van der Waals surface area contributed by atoms with E-state index in [2.05, 4.69) is 33.1 Å². The van der Waals surface area contributed by atoms with E-state index in [-0.39, 0.29) is 5.54 Å². The first kappa shape index (κ1) is 20.8. The Morgan fingerprint density at radius 3 is 2.47 bits per heavy atom. The van der Waals surface area contributed by atoms with Gasteiger partial charge in [0.25, 0.3) is 0 Å². The molecule has 2 aromatic heterocycles. The lowest BCUT2D eigenvalue weighted by molar-refractivity contribution is 0.340. The molecule has 8 heteroatoms. The van der Waals surface area contributed by atoms with Crippen LogP contribution in [0.25, 0.3) is 22.2 Å². The van der Waals surface area contributed by atoms with Gasteiger partial charge in [0.15, 0.2) is 5.69 Å². The molecule has 32 heavy (non-hydrogen) atoms. The highest BCUT2D eigenvalue weighted by atomic mass is 35.5. The second kappa shape index (κ2) is 8.10. The van der Waals surface area contributed by atoms with Gasteiger partial charge in [-0.3, -0.25) is 0 Å². The Morgan fingerprint density at radius 1 is 1.00 bits per heavy atom. The Balaban J connectivity index is 1.48. The van der Waals surface area contributed by atoms with Gasteiger partial charge in [-0.15, -0.1) is 0 Å². The number of H-pyrrole nitrogens is 1. The lowest BCUT2D eigenvalue weighted by atomic mass is 9.82. The minimum atomic E-state index is -0.372. The highest BCUT2D eigenvalue weighted by Gasteiger charge is 2.33. The molecule has 1 aliphatic rings. The first-order valence-electron chi connectivity index (χ1n) is 10.3. The Labute approximate surface area is 195 Å². The van der Waals surface area contributed by atoms with Crippen LogP contribution in [0.3, 0.4) is 0 Å². The van der Waals surface area contributed by atoms with Gasteiger partial charge < -0.3 is 15.6 Å². The molecule has 0 spiro atoms. The molecule has 0 amide bonds. The molecule has 2 aromatic carbocycles. The van der Waals surface area contributed by atoms with Gasteiger partial charge in [0, 0.05) is 36.0 Å². The lowest BCUT2D eigenvalue weighted by Crippen LogP contribution is -2.48. The van der Waals surface area contributed by atoms with Gasteiger partial charge in [0.05, 0.1) is 15.4 Å². The lowest BCUT2D eigenvalue weighted by Gasteiger charge is -2.39. The van der Waals surface area contributed by atoms with E-state index < -0.39 is 0 Å². The van der Waals surface area contributed by atoms with E-state index in [0.29, 0.717) is 45.8 Å². The molecule has 1 aliphatic heterocycles. The number of hydrogen-bond donors (Lipinski definition) is 2. The molecular formula is C24H20Cl2N6. The molecule has 160 valence electrons. The topological polar surface area (TPSA) is 94.6 Å². The number of rotatable bonds is 3. The van der Waals surface area contributed by atoms with Crippen LogP contribution < -0.4 is 10.6 Å². The third kappa shape index (κ3) is 3.49. The quantitative estimate of drug-likeness (QED) is 0.432. The average molecular weight is 463 g/mol. The molecule has 4 aromatic rings. The molecule has 0 aliphatic carbocycles. The third-order valence-corrected chi connectivity index (χ3v) is 6.97. The number of halogens is 2. The summed E-state index contributed by atoms with van der Waals surface area (Å²) in [6.45, 7) is 1.41. The van der Waals surface area contributed by atoms with Crippen molar-refractivity contribution in [3.05, 3.63) is 76.0 Å². The number of hydrogen-bond acceptors (Lipinski definition) is 5. The van der Waals surface area contributed by atoms with E-state index in [1.807, 2.05) is 30.3 Å². The number of benzene rings is 2. The summed E-state index contributed by atoms with van der Waals surface area (Å²) in [5.41, 5.74) is 9.84. The highest BCUT2D eigenvalue weighted by Crippen LogP contribution is 2.38. The van der Waals surface area contributed by atoms with Gasteiger partial charge in [0.2, 0.25) is 5.95 Å². The summed E-state index contributed by atoms with van der Waals surface area (Å²) in [5, 5.41) is 11.4. The molecule has 0 saturated carbocycles. The van der Waals surface area contributed by atoms with Crippen LogP contribution in [0.2, 0.25) is 10.0 Å². The predicted octanol–water partition coefficient (Wildman–Crippen LogP) is 5.26. The van der Waals surface area contributed by atoms with Crippen LogP contribution in [0.15, 0.2) is 54.7 Å². The maximum atomic E-state index is 9.85. The molecule has 1 saturated heterocycles. The molecule has 0 bridgehead atoms. The number of nitrogens with one attached hydrogen (secondary N) is 1. The van der Waals surface area contributed by atoms with Crippen LogP contribution in [-0.2, 0) is 5.54 Å². The Hall–Kier alpha value is -3.11. The predicted molar refractivity (Wildman–Crippen MR) is 128 cm³/mol. The van der Waals surface area contributed by atoms with E-state index >= 15 is 0 Å². The van der Waals surface area contributed by atoms with Crippen LogP contribution in [0.4, 0.5) is 5.95 Å². The van der Waals surface area contributed by atoms with E-state index in [9.17, 15) is 5.26 Å². The van der Waals surface area contributed by atoms with Crippen molar-refractivity contribution in [3.63, 3.8) is 0 Å². The first-order valence-corrected chi connectivity index (χ1v) is 11.1. The number of aromatic nitrogens is 3. The minimum absolute atomic E-state index is 0.296. The van der Waals surface area contributed by atoms with Gasteiger partial charge in [0.1, 0.15) is 11.7 Å².